The number of carboxylic acids is 1. The quantitative estimate of drug-likeness (QED) is 0.781. The molecule has 2 heterocycles. The van der Waals surface area contributed by atoms with Gasteiger partial charge in [-0.1, -0.05) is 27.2 Å². The van der Waals surface area contributed by atoms with Gasteiger partial charge in [0.25, 0.3) is 0 Å². The topological polar surface area (TPSA) is 62.4 Å². The number of aliphatic carboxylic acids is 1. The number of hydrogen-bond acceptors (Lipinski definition) is 3. The Labute approximate surface area is 144 Å². The lowest BCUT2D eigenvalue weighted by Gasteiger charge is -2.57. The standard InChI is InChI=1S/C20H30O4/c1-12(2)18-10-11-20-17(4)8-5-7-16(3,15(21)22)13(17)6-9-19(20,24-20)14(18)23-18/h12-14H,5-11H2,1-4H3,(H,21,22)/t13-,14-,16+,17-,18+,19-,20-/m0/s1. The van der Waals surface area contributed by atoms with Crippen molar-refractivity contribution < 1.29 is 19.4 Å². The van der Waals surface area contributed by atoms with Crippen molar-refractivity contribution in [1.29, 1.82) is 0 Å². The summed E-state index contributed by atoms with van der Waals surface area (Å²) >= 11 is 0. The summed E-state index contributed by atoms with van der Waals surface area (Å²) in [5, 5.41) is 9.95. The smallest absolute Gasteiger partial charge is 0.309 e. The van der Waals surface area contributed by atoms with Crippen LogP contribution in [0.15, 0.2) is 0 Å². The van der Waals surface area contributed by atoms with Gasteiger partial charge >= 0.3 is 5.97 Å². The molecule has 5 rings (SSSR count). The van der Waals surface area contributed by atoms with Gasteiger partial charge in [-0.3, -0.25) is 4.79 Å². The molecule has 5 fully saturated rings. The first-order valence-electron chi connectivity index (χ1n) is 9.80. The fourth-order valence-electron chi connectivity index (χ4n) is 7.66. The molecule has 0 aromatic rings. The second kappa shape index (κ2) is 4.03. The van der Waals surface area contributed by atoms with E-state index in [-0.39, 0.29) is 34.2 Å². The molecule has 2 aliphatic heterocycles. The van der Waals surface area contributed by atoms with Gasteiger partial charge in [0.15, 0.2) is 0 Å². The third-order valence-corrected chi connectivity index (χ3v) is 9.14. The van der Waals surface area contributed by atoms with E-state index in [1.54, 1.807) is 0 Å². The zero-order valence-corrected chi connectivity index (χ0v) is 15.4. The second-order valence-corrected chi connectivity index (χ2v) is 10.0. The van der Waals surface area contributed by atoms with Crippen molar-refractivity contribution in [3.8, 4) is 0 Å². The number of fused-ring (bicyclic) bond motifs is 2. The molecule has 5 aliphatic rings. The molecule has 0 spiro atoms. The van der Waals surface area contributed by atoms with E-state index in [4.69, 9.17) is 9.47 Å². The summed E-state index contributed by atoms with van der Waals surface area (Å²) in [5.74, 6) is 0.135. The van der Waals surface area contributed by atoms with E-state index in [9.17, 15) is 9.90 Å². The summed E-state index contributed by atoms with van der Waals surface area (Å²) < 4.78 is 13.0. The Kier molecular flexibility index (Phi) is 2.63. The molecule has 0 amide bonds. The van der Waals surface area contributed by atoms with E-state index in [1.807, 2.05) is 6.92 Å². The molecule has 0 bridgehead atoms. The zero-order chi connectivity index (χ0) is 17.2. The van der Waals surface area contributed by atoms with E-state index in [0.717, 1.165) is 44.9 Å². The van der Waals surface area contributed by atoms with E-state index < -0.39 is 11.4 Å². The molecule has 0 radical (unpaired) electrons. The number of hydrogen-bond donors (Lipinski definition) is 1. The molecule has 2 saturated heterocycles. The highest BCUT2D eigenvalue weighted by Crippen LogP contribution is 2.81. The largest absolute Gasteiger partial charge is 0.481 e. The van der Waals surface area contributed by atoms with E-state index in [1.165, 1.54) is 0 Å². The van der Waals surface area contributed by atoms with E-state index in [0.29, 0.717) is 5.92 Å². The molecular formula is C20H30O4. The summed E-state index contributed by atoms with van der Waals surface area (Å²) in [6.07, 6.45) is 7.22. The molecule has 7 atom stereocenters. The van der Waals surface area contributed by atoms with Crippen molar-refractivity contribution in [3.63, 3.8) is 0 Å². The molecule has 134 valence electrons. The van der Waals surface area contributed by atoms with Crippen molar-refractivity contribution in [2.24, 2.45) is 22.7 Å². The Hall–Kier alpha value is -0.610. The normalized spacial score (nSPS) is 60.5. The molecule has 1 N–H and O–H groups in total. The number of carbonyl (C=O) groups is 1. The van der Waals surface area contributed by atoms with Gasteiger partial charge in [-0.05, 0) is 57.3 Å². The van der Waals surface area contributed by atoms with Gasteiger partial charge < -0.3 is 14.6 Å². The lowest BCUT2D eigenvalue weighted by Crippen LogP contribution is -2.61. The average Bonchev–Trinajstić information content (AvgIpc) is 3.37. The van der Waals surface area contributed by atoms with E-state index >= 15 is 0 Å². The predicted octanol–water partition coefficient (Wildman–Crippen LogP) is 3.77. The highest BCUT2D eigenvalue weighted by Gasteiger charge is 2.91. The van der Waals surface area contributed by atoms with Gasteiger partial charge in [-0.15, -0.1) is 0 Å². The highest BCUT2D eigenvalue weighted by atomic mass is 16.7. The summed E-state index contributed by atoms with van der Waals surface area (Å²) in [6.45, 7) is 8.85. The first kappa shape index (κ1) is 15.6. The molecule has 3 saturated carbocycles. The van der Waals surface area contributed by atoms with Crippen molar-refractivity contribution in [2.75, 3.05) is 0 Å². The van der Waals surface area contributed by atoms with Gasteiger partial charge in [-0.2, -0.15) is 0 Å². The summed E-state index contributed by atoms with van der Waals surface area (Å²) in [6, 6.07) is 0. The molecule has 4 nitrogen and oxygen atoms in total. The fourth-order valence-corrected chi connectivity index (χ4v) is 7.66. The Morgan fingerprint density at radius 2 is 1.88 bits per heavy atom. The van der Waals surface area contributed by atoms with Gasteiger partial charge in [0, 0.05) is 5.41 Å². The van der Waals surface area contributed by atoms with Crippen molar-refractivity contribution in [2.45, 2.75) is 95.5 Å². The van der Waals surface area contributed by atoms with Crippen LogP contribution in [0.25, 0.3) is 0 Å². The minimum atomic E-state index is -0.613. The molecule has 24 heavy (non-hydrogen) atoms. The molecular weight excluding hydrogens is 304 g/mol. The number of rotatable bonds is 2. The van der Waals surface area contributed by atoms with Crippen LogP contribution < -0.4 is 0 Å². The maximum absolute atomic E-state index is 12.1. The minimum Gasteiger partial charge on any atom is -0.481 e. The van der Waals surface area contributed by atoms with Gasteiger partial charge in [-0.25, -0.2) is 0 Å². The predicted molar refractivity (Wildman–Crippen MR) is 88.6 cm³/mol. The zero-order valence-electron chi connectivity index (χ0n) is 15.4. The Morgan fingerprint density at radius 1 is 1.12 bits per heavy atom. The van der Waals surface area contributed by atoms with Crippen molar-refractivity contribution in [3.05, 3.63) is 0 Å². The van der Waals surface area contributed by atoms with Crippen LogP contribution in [0.5, 0.6) is 0 Å². The van der Waals surface area contributed by atoms with Crippen LogP contribution in [0.3, 0.4) is 0 Å². The fraction of sp³-hybridized carbons (Fsp3) is 0.950. The van der Waals surface area contributed by atoms with Gasteiger partial charge in [0.05, 0.1) is 5.41 Å². The summed E-state index contributed by atoms with van der Waals surface area (Å²) in [4.78, 5) is 12.1. The molecule has 4 heteroatoms. The van der Waals surface area contributed by atoms with Gasteiger partial charge in [0.1, 0.15) is 22.9 Å². The monoisotopic (exact) mass is 334 g/mol. The highest BCUT2D eigenvalue weighted by molar-refractivity contribution is 5.75. The summed E-state index contributed by atoms with van der Waals surface area (Å²) in [5.41, 5.74) is -0.826. The Balaban J connectivity index is 1.55. The maximum atomic E-state index is 12.1. The average molecular weight is 334 g/mol. The van der Waals surface area contributed by atoms with Crippen LogP contribution in [0, 0.1) is 22.7 Å². The van der Waals surface area contributed by atoms with Crippen LogP contribution in [0.2, 0.25) is 0 Å². The molecule has 3 aliphatic carbocycles. The lowest BCUT2D eigenvalue weighted by atomic mass is 9.43. The third-order valence-electron chi connectivity index (χ3n) is 9.14. The Bertz CT molecular complexity index is 631. The van der Waals surface area contributed by atoms with Crippen LogP contribution in [-0.4, -0.2) is 34.0 Å². The number of epoxide rings is 2. The molecule has 0 aromatic carbocycles. The van der Waals surface area contributed by atoms with Crippen LogP contribution in [0.1, 0.15) is 72.6 Å². The maximum Gasteiger partial charge on any atom is 0.309 e. The van der Waals surface area contributed by atoms with Crippen LogP contribution in [-0.2, 0) is 14.3 Å². The minimum absolute atomic E-state index is 0.0221. The number of ether oxygens (including phenoxy) is 2. The van der Waals surface area contributed by atoms with Crippen LogP contribution >= 0.6 is 0 Å². The number of carboxylic acid groups (broad SMARTS) is 1. The summed E-state index contributed by atoms with van der Waals surface area (Å²) in [7, 11) is 0. The first-order valence-corrected chi connectivity index (χ1v) is 9.80. The second-order valence-electron chi connectivity index (χ2n) is 10.0. The Morgan fingerprint density at radius 3 is 2.54 bits per heavy atom. The molecule has 0 aromatic heterocycles. The lowest BCUT2D eigenvalue weighted by molar-refractivity contribution is -0.166. The SMILES string of the molecule is CC(C)[C@]12CC[C@@]34O[C@@]3(CC[C@H]3[C@](C)(C(=O)O)CCC[C@@]34C)[C@H]1O2. The van der Waals surface area contributed by atoms with Crippen molar-refractivity contribution >= 4 is 5.97 Å². The van der Waals surface area contributed by atoms with E-state index in [2.05, 4.69) is 20.8 Å². The van der Waals surface area contributed by atoms with Crippen molar-refractivity contribution in [1.82, 2.24) is 0 Å². The van der Waals surface area contributed by atoms with Gasteiger partial charge in [0.2, 0.25) is 0 Å². The van der Waals surface area contributed by atoms with Crippen LogP contribution in [0.4, 0.5) is 0 Å². The third kappa shape index (κ3) is 1.34. The molecule has 0 unspecified atom stereocenters. The first-order chi connectivity index (χ1) is 11.2.